The minimum Gasteiger partial charge on any atom is -0.342 e. The fourth-order valence-corrected chi connectivity index (χ4v) is 4.53. The fourth-order valence-electron chi connectivity index (χ4n) is 4.53. The SMILES string of the molecule is CCc1cc(C(=O)N2CCC3(CCC(=O)N(CCc4ccncc4)C3)CC2)n[nH]1. The van der Waals surface area contributed by atoms with Crippen LogP contribution in [0, 0.1) is 5.41 Å². The number of aromatic nitrogens is 3. The molecule has 0 radical (unpaired) electrons. The van der Waals surface area contributed by atoms with Gasteiger partial charge < -0.3 is 9.80 Å². The summed E-state index contributed by atoms with van der Waals surface area (Å²) < 4.78 is 0. The van der Waals surface area contributed by atoms with Crippen molar-refractivity contribution in [3.05, 3.63) is 47.5 Å². The molecule has 154 valence electrons. The number of pyridine rings is 1. The number of aryl methyl sites for hydroxylation is 1. The number of nitrogens with one attached hydrogen (secondary N) is 1. The zero-order valence-corrected chi connectivity index (χ0v) is 17.1. The number of aromatic amines is 1. The molecule has 0 bridgehead atoms. The summed E-state index contributed by atoms with van der Waals surface area (Å²) in [6.45, 7) is 5.07. The summed E-state index contributed by atoms with van der Waals surface area (Å²) in [7, 11) is 0. The van der Waals surface area contributed by atoms with Gasteiger partial charge in [0.15, 0.2) is 0 Å². The number of piperidine rings is 2. The molecule has 2 saturated heterocycles. The Morgan fingerprint density at radius 2 is 1.97 bits per heavy atom. The molecule has 7 nitrogen and oxygen atoms in total. The van der Waals surface area contributed by atoms with E-state index in [9.17, 15) is 9.59 Å². The van der Waals surface area contributed by atoms with Gasteiger partial charge in [0.1, 0.15) is 5.69 Å². The van der Waals surface area contributed by atoms with Gasteiger partial charge in [-0.25, -0.2) is 0 Å². The molecule has 4 rings (SSSR count). The first-order valence-electron chi connectivity index (χ1n) is 10.6. The zero-order chi connectivity index (χ0) is 20.3. The second kappa shape index (κ2) is 8.35. The predicted octanol–water partition coefficient (Wildman–Crippen LogP) is 2.45. The van der Waals surface area contributed by atoms with Gasteiger partial charge in [-0.05, 0) is 61.3 Å². The lowest BCUT2D eigenvalue weighted by Crippen LogP contribution is -2.52. The monoisotopic (exact) mass is 395 g/mol. The third-order valence-electron chi connectivity index (χ3n) is 6.51. The minimum absolute atomic E-state index is 0.0113. The lowest BCUT2D eigenvalue weighted by Gasteiger charge is -2.47. The van der Waals surface area contributed by atoms with Crippen molar-refractivity contribution in [2.24, 2.45) is 5.41 Å². The first-order valence-corrected chi connectivity index (χ1v) is 10.6. The van der Waals surface area contributed by atoms with Gasteiger partial charge in [-0.2, -0.15) is 5.10 Å². The maximum Gasteiger partial charge on any atom is 0.274 e. The Morgan fingerprint density at radius 3 is 2.66 bits per heavy atom. The van der Waals surface area contributed by atoms with E-state index >= 15 is 0 Å². The molecule has 29 heavy (non-hydrogen) atoms. The number of H-pyrrole nitrogens is 1. The van der Waals surface area contributed by atoms with Gasteiger partial charge in [0.05, 0.1) is 0 Å². The van der Waals surface area contributed by atoms with E-state index in [0.717, 1.165) is 64.0 Å². The van der Waals surface area contributed by atoms with E-state index in [0.29, 0.717) is 12.1 Å². The summed E-state index contributed by atoms with van der Waals surface area (Å²) in [5, 5.41) is 7.09. The van der Waals surface area contributed by atoms with E-state index in [1.807, 2.05) is 34.9 Å². The number of carbonyl (C=O) groups is 2. The number of hydrogen-bond donors (Lipinski definition) is 1. The van der Waals surface area contributed by atoms with Crippen molar-refractivity contribution in [2.45, 2.75) is 45.4 Å². The van der Waals surface area contributed by atoms with Crippen LogP contribution in [0.1, 0.15) is 54.4 Å². The molecule has 2 aliphatic rings. The van der Waals surface area contributed by atoms with Crippen LogP contribution in [0.4, 0.5) is 0 Å². The predicted molar refractivity (Wildman–Crippen MR) is 109 cm³/mol. The Hall–Kier alpha value is -2.70. The van der Waals surface area contributed by atoms with Crippen LogP contribution >= 0.6 is 0 Å². The van der Waals surface area contributed by atoms with Gasteiger partial charge in [0.25, 0.3) is 5.91 Å². The second-order valence-electron chi connectivity index (χ2n) is 8.34. The highest BCUT2D eigenvalue weighted by atomic mass is 16.2. The molecule has 7 heteroatoms. The van der Waals surface area contributed by atoms with Gasteiger partial charge in [-0.3, -0.25) is 19.7 Å². The molecule has 0 atom stereocenters. The number of carbonyl (C=O) groups excluding carboxylic acids is 2. The molecule has 0 unspecified atom stereocenters. The molecule has 2 aromatic rings. The topological polar surface area (TPSA) is 82.2 Å². The second-order valence-corrected chi connectivity index (χ2v) is 8.34. The van der Waals surface area contributed by atoms with E-state index in [1.165, 1.54) is 5.56 Å². The number of rotatable bonds is 5. The van der Waals surface area contributed by atoms with Crippen molar-refractivity contribution in [3.8, 4) is 0 Å². The Balaban J connectivity index is 1.34. The van der Waals surface area contributed by atoms with Crippen molar-refractivity contribution in [3.63, 3.8) is 0 Å². The first kappa shape index (κ1) is 19.6. The lowest BCUT2D eigenvalue weighted by atomic mass is 9.72. The summed E-state index contributed by atoms with van der Waals surface area (Å²) in [6, 6.07) is 5.87. The van der Waals surface area contributed by atoms with Crippen LogP contribution < -0.4 is 0 Å². The minimum atomic E-state index is 0.0113. The van der Waals surface area contributed by atoms with E-state index in [-0.39, 0.29) is 17.2 Å². The summed E-state index contributed by atoms with van der Waals surface area (Å²) in [4.78, 5) is 33.2. The van der Waals surface area contributed by atoms with Crippen LogP contribution in [-0.2, 0) is 17.6 Å². The molecule has 0 aromatic carbocycles. The maximum atomic E-state index is 12.7. The third kappa shape index (κ3) is 4.33. The van der Waals surface area contributed by atoms with Crippen LogP contribution in [0.5, 0.6) is 0 Å². The Bertz CT molecular complexity index is 855. The summed E-state index contributed by atoms with van der Waals surface area (Å²) in [6.07, 6.45) is 8.73. The van der Waals surface area contributed by atoms with Crippen LogP contribution in [0.15, 0.2) is 30.6 Å². The fraction of sp³-hybridized carbons (Fsp3) is 0.545. The Labute approximate surface area is 171 Å². The average Bonchev–Trinajstić information content (AvgIpc) is 3.25. The van der Waals surface area contributed by atoms with Gasteiger partial charge in [0.2, 0.25) is 5.91 Å². The van der Waals surface area contributed by atoms with Crippen molar-refractivity contribution >= 4 is 11.8 Å². The third-order valence-corrected chi connectivity index (χ3v) is 6.51. The maximum absolute atomic E-state index is 12.7. The van der Waals surface area contributed by atoms with Gasteiger partial charge in [-0.1, -0.05) is 6.92 Å². The standard InChI is InChI=1S/C22H29N5O2/c1-2-18-15-19(25-24-18)21(29)26-13-8-22(9-14-26)7-3-20(28)27(16-22)12-6-17-4-10-23-11-5-17/h4-5,10-11,15H,2-3,6-9,12-14,16H2,1H3,(H,24,25). The Morgan fingerprint density at radius 1 is 1.21 bits per heavy atom. The molecule has 2 aromatic heterocycles. The van der Waals surface area contributed by atoms with Crippen molar-refractivity contribution in [2.75, 3.05) is 26.2 Å². The molecule has 4 heterocycles. The molecular weight excluding hydrogens is 366 g/mol. The van der Waals surface area contributed by atoms with Crippen LogP contribution in [0.2, 0.25) is 0 Å². The quantitative estimate of drug-likeness (QED) is 0.843. The molecule has 2 aliphatic heterocycles. The average molecular weight is 396 g/mol. The van der Waals surface area contributed by atoms with Crippen molar-refractivity contribution in [1.29, 1.82) is 0 Å². The molecular formula is C22H29N5O2. The highest BCUT2D eigenvalue weighted by Gasteiger charge is 2.41. The highest BCUT2D eigenvalue weighted by Crippen LogP contribution is 2.40. The molecule has 1 spiro atoms. The largest absolute Gasteiger partial charge is 0.342 e. The zero-order valence-electron chi connectivity index (χ0n) is 17.1. The normalized spacial score (nSPS) is 19.0. The first-order chi connectivity index (χ1) is 14.1. The number of likely N-dealkylation sites (tertiary alicyclic amines) is 2. The summed E-state index contributed by atoms with van der Waals surface area (Å²) in [5.74, 6) is 0.268. The van der Waals surface area contributed by atoms with E-state index < -0.39 is 0 Å². The van der Waals surface area contributed by atoms with Crippen LogP contribution in [0.25, 0.3) is 0 Å². The van der Waals surface area contributed by atoms with Crippen molar-refractivity contribution < 1.29 is 9.59 Å². The molecule has 1 N–H and O–H groups in total. The Kier molecular flexibility index (Phi) is 5.65. The van der Waals surface area contributed by atoms with E-state index in [2.05, 4.69) is 15.2 Å². The summed E-state index contributed by atoms with van der Waals surface area (Å²) in [5.41, 5.74) is 2.84. The van der Waals surface area contributed by atoms with Crippen LogP contribution in [-0.4, -0.2) is 63.0 Å². The number of amides is 2. The molecule has 2 fully saturated rings. The number of hydrogen-bond acceptors (Lipinski definition) is 4. The van der Waals surface area contributed by atoms with Gasteiger partial charge in [0, 0.05) is 50.7 Å². The number of nitrogens with zero attached hydrogens (tertiary/aromatic N) is 4. The smallest absolute Gasteiger partial charge is 0.274 e. The molecule has 0 saturated carbocycles. The van der Waals surface area contributed by atoms with E-state index in [1.54, 1.807) is 12.4 Å². The van der Waals surface area contributed by atoms with Crippen LogP contribution in [0.3, 0.4) is 0 Å². The highest BCUT2D eigenvalue weighted by molar-refractivity contribution is 5.92. The van der Waals surface area contributed by atoms with E-state index in [4.69, 9.17) is 0 Å². The summed E-state index contributed by atoms with van der Waals surface area (Å²) >= 11 is 0. The lowest BCUT2D eigenvalue weighted by molar-refractivity contribution is -0.138. The molecule has 0 aliphatic carbocycles. The van der Waals surface area contributed by atoms with Gasteiger partial charge >= 0.3 is 0 Å². The van der Waals surface area contributed by atoms with Gasteiger partial charge in [-0.15, -0.1) is 0 Å². The van der Waals surface area contributed by atoms with Crippen molar-refractivity contribution in [1.82, 2.24) is 25.0 Å². The molecule has 2 amide bonds.